The fraction of sp³-hybridized carbons (Fsp3) is 0.333. The molecular formula is C18H22ClNO. The minimum Gasteiger partial charge on any atom is -0.496 e. The first-order chi connectivity index (χ1) is 9.72. The first-order valence-electron chi connectivity index (χ1n) is 7.18. The van der Waals surface area contributed by atoms with Gasteiger partial charge in [0.2, 0.25) is 0 Å². The van der Waals surface area contributed by atoms with Gasteiger partial charge in [0.1, 0.15) is 5.75 Å². The van der Waals surface area contributed by atoms with Crippen LogP contribution in [0.5, 0.6) is 5.75 Å². The summed E-state index contributed by atoms with van der Waals surface area (Å²) in [4.78, 5) is 0. The van der Waals surface area contributed by atoms with Gasteiger partial charge in [0.15, 0.2) is 0 Å². The number of rotatable bonds is 4. The predicted molar refractivity (Wildman–Crippen MR) is 90.3 cm³/mol. The highest BCUT2D eigenvalue weighted by Gasteiger charge is 2.38. The topological polar surface area (TPSA) is 35.2 Å². The van der Waals surface area contributed by atoms with Gasteiger partial charge in [-0.3, -0.25) is 0 Å². The van der Waals surface area contributed by atoms with E-state index in [9.17, 15) is 0 Å². The zero-order valence-corrected chi connectivity index (χ0v) is 13.3. The number of aryl methyl sites for hydroxylation is 1. The minimum atomic E-state index is 0. The summed E-state index contributed by atoms with van der Waals surface area (Å²) in [7, 11) is 1.74. The molecule has 3 heteroatoms. The van der Waals surface area contributed by atoms with Crippen LogP contribution in [0, 0.1) is 12.8 Å². The molecule has 0 aliphatic heterocycles. The summed E-state index contributed by atoms with van der Waals surface area (Å²) in [5, 5.41) is 0. The van der Waals surface area contributed by atoms with E-state index in [1.165, 1.54) is 28.7 Å². The molecule has 1 aliphatic rings. The van der Waals surface area contributed by atoms with Crippen molar-refractivity contribution in [3.8, 4) is 16.9 Å². The van der Waals surface area contributed by atoms with Crippen molar-refractivity contribution in [3.05, 3.63) is 53.6 Å². The van der Waals surface area contributed by atoms with Crippen molar-refractivity contribution in [3.63, 3.8) is 0 Å². The van der Waals surface area contributed by atoms with E-state index in [1.54, 1.807) is 7.11 Å². The summed E-state index contributed by atoms with van der Waals surface area (Å²) in [6, 6.07) is 15.1. The van der Waals surface area contributed by atoms with Crippen molar-refractivity contribution >= 4 is 12.4 Å². The van der Waals surface area contributed by atoms with Crippen LogP contribution in [0.1, 0.15) is 23.5 Å². The summed E-state index contributed by atoms with van der Waals surface area (Å²) < 4.78 is 5.51. The molecular weight excluding hydrogens is 282 g/mol. The number of halogens is 1. The number of hydrogen-bond donors (Lipinski definition) is 1. The van der Waals surface area contributed by atoms with Crippen molar-refractivity contribution in [1.29, 1.82) is 0 Å². The van der Waals surface area contributed by atoms with Gasteiger partial charge >= 0.3 is 0 Å². The lowest BCUT2D eigenvalue weighted by molar-refractivity contribution is 0.409. The van der Waals surface area contributed by atoms with Crippen LogP contribution in [0.25, 0.3) is 11.1 Å². The molecule has 0 radical (unpaired) electrons. The van der Waals surface area contributed by atoms with Crippen molar-refractivity contribution in [2.75, 3.05) is 13.7 Å². The van der Waals surface area contributed by atoms with Gasteiger partial charge in [0, 0.05) is 0 Å². The highest BCUT2D eigenvalue weighted by Crippen LogP contribution is 2.50. The van der Waals surface area contributed by atoms with Gasteiger partial charge in [-0.1, -0.05) is 35.9 Å². The average Bonchev–Trinajstić information content (AvgIpc) is 3.26. The average molecular weight is 304 g/mol. The van der Waals surface area contributed by atoms with Crippen LogP contribution >= 0.6 is 12.4 Å². The number of hydrogen-bond acceptors (Lipinski definition) is 2. The summed E-state index contributed by atoms with van der Waals surface area (Å²) in [5.74, 6) is 2.18. The maximum absolute atomic E-state index is 5.78. The molecule has 0 saturated heterocycles. The minimum absolute atomic E-state index is 0. The molecule has 0 heterocycles. The van der Waals surface area contributed by atoms with Crippen LogP contribution in [-0.2, 0) is 0 Å². The lowest BCUT2D eigenvalue weighted by Crippen LogP contribution is -2.02. The second-order valence-corrected chi connectivity index (χ2v) is 5.66. The maximum atomic E-state index is 5.78. The smallest absolute Gasteiger partial charge is 0.122 e. The Kier molecular flexibility index (Phi) is 4.92. The Morgan fingerprint density at radius 3 is 2.52 bits per heavy atom. The lowest BCUT2D eigenvalue weighted by Gasteiger charge is -2.11. The number of methoxy groups -OCH3 is 1. The van der Waals surface area contributed by atoms with Gasteiger partial charge in [-0.2, -0.15) is 0 Å². The Morgan fingerprint density at radius 2 is 1.90 bits per heavy atom. The molecule has 2 atom stereocenters. The van der Waals surface area contributed by atoms with Crippen LogP contribution in [0.15, 0.2) is 42.5 Å². The molecule has 1 aliphatic carbocycles. The molecule has 0 amide bonds. The Morgan fingerprint density at radius 1 is 1.14 bits per heavy atom. The third kappa shape index (κ3) is 3.22. The van der Waals surface area contributed by atoms with E-state index in [1.807, 2.05) is 0 Å². The van der Waals surface area contributed by atoms with Crippen LogP contribution < -0.4 is 10.5 Å². The predicted octanol–water partition coefficient (Wildman–Crippen LogP) is 4.15. The zero-order chi connectivity index (χ0) is 14.1. The van der Waals surface area contributed by atoms with E-state index >= 15 is 0 Å². The third-order valence-corrected chi connectivity index (χ3v) is 4.21. The molecule has 2 aromatic carbocycles. The van der Waals surface area contributed by atoms with Gasteiger partial charge < -0.3 is 10.5 Å². The molecule has 0 unspecified atom stereocenters. The molecule has 1 fully saturated rings. The third-order valence-electron chi connectivity index (χ3n) is 4.21. The van der Waals surface area contributed by atoms with E-state index in [2.05, 4.69) is 49.4 Å². The van der Waals surface area contributed by atoms with Gasteiger partial charge in [0.05, 0.1) is 7.11 Å². The summed E-state index contributed by atoms with van der Waals surface area (Å²) >= 11 is 0. The van der Waals surface area contributed by atoms with Crippen LogP contribution in [-0.4, -0.2) is 13.7 Å². The van der Waals surface area contributed by atoms with Crippen LogP contribution in [0.4, 0.5) is 0 Å². The molecule has 21 heavy (non-hydrogen) atoms. The van der Waals surface area contributed by atoms with E-state index in [-0.39, 0.29) is 12.4 Å². The maximum Gasteiger partial charge on any atom is 0.122 e. The molecule has 0 bridgehead atoms. The fourth-order valence-electron chi connectivity index (χ4n) is 2.92. The molecule has 2 aromatic rings. The van der Waals surface area contributed by atoms with Crippen LogP contribution in [0.3, 0.4) is 0 Å². The largest absolute Gasteiger partial charge is 0.496 e. The van der Waals surface area contributed by atoms with E-state index < -0.39 is 0 Å². The molecule has 3 rings (SSSR count). The van der Waals surface area contributed by atoms with Crippen molar-refractivity contribution in [1.82, 2.24) is 0 Å². The number of nitrogens with two attached hydrogens (primary N) is 1. The van der Waals surface area contributed by atoms with Crippen molar-refractivity contribution in [2.24, 2.45) is 11.7 Å². The molecule has 0 aromatic heterocycles. The van der Waals surface area contributed by atoms with E-state index in [4.69, 9.17) is 10.5 Å². The monoisotopic (exact) mass is 303 g/mol. The normalized spacial score (nSPS) is 19.8. The Bertz CT molecular complexity index is 626. The summed E-state index contributed by atoms with van der Waals surface area (Å²) in [6.45, 7) is 2.89. The highest BCUT2D eigenvalue weighted by molar-refractivity contribution is 5.85. The van der Waals surface area contributed by atoms with Gasteiger partial charge in [0.25, 0.3) is 0 Å². The van der Waals surface area contributed by atoms with Gasteiger partial charge in [-0.05, 0) is 60.5 Å². The first kappa shape index (κ1) is 15.9. The second kappa shape index (κ2) is 6.50. The quantitative estimate of drug-likeness (QED) is 0.920. The van der Waals surface area contributed by atoms with Gasteiger partial charge in [-0.15, -0.1) is 12.4 Å². The standard InChI is InChI=1S/C18H21NO.ClH/c1-12-4-3-5-13(8-12)14-6-7-18(20-2)17(9-14)16-10-15(16)11-19;/h3-9,15-16H,10-11,19H2,1-2H3;1H/t15-,16+;/m1./s1. The summed E-state index contributed by atoms with van der Waals surface area (Å²) in [5.41, 5.74) is 10.9. The number of ether oxygens (including phenoxy) is 1. The van der Waals surface area contributed by atoms with Crippen molar-refractivity contribution in [2.45, 2.75) is 19.3 Å². The zero-order valence-electron chi connectivity index (χ0n) is 12.5. The Hall–Kier alpha value is -1.51. The number of benzene rings is 2. The fourth-order valence-corrected chi connectivity index (χ4v) is 2.92. The van der Waals surface area contributed by atoms with Crippen molar-refractivity contribution < 1.29 is 4.74 Å². The lowest BCUT2D eigenvalue weighted by atomic mass is 9.98. The van der Waals surface area contributed by atoms with Crippen LogP contribution in [0.2, 0.25) is 0 Å². The van der Waals surface area contributed by atoms with E-state index in [0.29, 0.717) is 11.8 Å². The highest BCUT2D eigenvalue weighted by atomic mass is 35.5. The van der Waals surface area contributed by atoms with E-state index in [0.717, 1.165) is 12.3 Å². The molecule has 2 N–H and O–H groups in total. The van der Waals surface area contributed by atoms with Gasteiger partial charge in [-0.25, -0.2) is 0 Å². The summed E-state index contributed by atoms with van der Waals surface area (Å²) in [6.07, 6.45) is 1.18. The first-order valence-corrected chi connectivity index (χ1v) is 7.18. The Labute approximate surface area is 132 Å². The molecule has 1 saturated carbocycles. The molecule has 112 valence electrons. The molecule has 2 nitrogen and oxygen atoms in total. The second-order valence-electron chi connectivity index (χ2n) is 5.66. The molecule has 0 spiro atoms. The SMILES string of the molecule is COc1ccc(-c2cccc(C)c2)cc1[C@H]1C[C@@H]1CN.Cl. The Balaban J connectivity index is 0.00000161.